The summed E-state index contributed by atoms with van der Waals surface area (Å²) in [5, 5.41) is 2.96. The van der Waals surface area contributed by atoms with Gasteiger partial charge in [-0.2, -0.15) is 0 Å². The van der Waals surface area contributed by atoms with Crippen LogP contribution in [0, 0.1) is 5.41 Å². The molecule has 0 atom stereocenters. The molecule has 1 aromatic heterocycles. The van der Waals surface area contributed by atoms with Crippen LogP contribution in [0.15, 0.2) is 12.4 Å². The molecule has 1 heterocycles. The summed E-state index contributed by atoms with van der Waals surface area (Å²) < 4.78 is 0. The van der Waals surface area contributed by atoms with Gasteiger partial charge in [0.25, 0.3) is 0 Å². The van der Waals surface area contributed by atoms with Crippen molar-refractivity contribution in [1.29, 1.82) is 0 Å². The third kappa shape index (κ3) is 3.12. The number of rotatable bonds is 6. The minimum atomic E-state index is -0.597. The molecule has 1 saturated carbocycles. The van der Waals surface area contributed by atoms with Crippen LogP contribution in [0.25, 0.3) is 0 Å². The molecule has 0 bridgehead atoms. The number of aryl methyl sites for hydroxylation is 1. The summed E-state index contributed by atoms with van der Waals surface area (Å²) in [4.78, 5) is 19.8. The molecule has 104 valence electrons. The van der Waals surface area contributed by atoms with Crippen molar-refractivity contribution >= 4 is 23.1 Å². The number of amides is 1. The SMILES string of the molecule is NC(=S)C1(C(=O)NCCCc2ncc[nH]2)CCCC1. The highest BCUT2D eigenvalue weighted by molar-refractivity contribution is 7.80. The minimum absolute atomic E-state index is 0.00283. The van der Waals surface area contributed by atoms with E-state index in [1.165, 1.54) is 0 Å². The summed E-state index contributed by atoms with van der Waals surface area (Å²) in [6, 6.07) is 0. The van der Waals surface area contributed by atoms with E-state index >= 15 is 0 Å². The van der Waals surface area contributed by atoms with Crippen LogP contribution in [0.1, 0.15) is 37.9 Å². The van der Waals surface area contributed by atoms with Gasteiger partial charge in [-0.1, -0.05) is 25.1 Å². The van der Waals surface area contributed by atoms with Gasteiger partial charge >= 0.3 is 0 Å². The molecule has 1 fully saturated rings. The van der Waals surface area contributed by atoms with Crippen molar-refractivity contribution in [2.45, 2.75) is 38.5 Å². The zero-order valence-corrected chi connectivity index (χ0v) is 11.8. The molecular weight excluding hydrogens is 260 g/mol. The first-order valence-electron chi connectivity index (χ1n) is 6.71. The van der Waals surface area contributed by atoms with Gasteiger partial charge in [0.15, 0.2) is 0 Å². The van der Waals surface area contributed by atoms with Crippen molar-refractivity contribution in [1.82, 2.24) is 15.3 Å². The van der Waals surface area contributed by atoms with Crippen molar-refractivity contribution in [3.63, 3.8) is 0 Å². The molecule has 1 amide bonds. The summed E-state index contributed by atoms with van der Waals surface area (Å²) in [5.41, 5.74) is 5.17. The highest BCUT2D eigenvalue weighted by Gasteiger charge is 2.43. The molecule has 4 N–H and O–H groups in total. The molecule has 0 radical (unpaired) electrons. The molecule has 1 aliphatic carbocycles. The average molecular weight is 280 g/mol. The standard InChI is InChI=1S/C13H20N4OS/c14-11(19)13(5-1-2-6-13)12(18)17-7-3-4-10-15-8-9-16-10/h8-9H,1-7H2,(H2,14,19)(H,15,16)(H,17,18). The third-order valence-corrected chi connectivity index (χ3v) is 4.18. The number of aromatic nitrogens is 2. The van der Waals surface area contributed by atoms with E-state index in [1.807, 2.05) is 0 Å². The summed E-state index contributed by atoms with van der Waals surface area (Å²) in [7, 11) is 0. The molecule has 0 saturated heterocycles. The van der Waals surface area contributed by atoms with Crippen LogP contribution in [0.3, 0.4) is 0 Å². The Bertz CT molecular complexity index is 438. The fourth-order valence-electron chi connectivity index (χ4n) is 2.63. The maximum atomic E-state index is 12.3. The monoisotopic (exact) mass is 280 g/mol. The van der Waals surface area contributed by atoms with Crippen LogP contribution in [-0.2, 0) is 11.2 Å². The normalized spacial score (nSPS) is 17.3. The second-order valence-electron chi connectivity index (χ2n) is 5.05. The number of nitrogens with one attached hydrogen (secondary N) is 2. The maximum Gasteiger partial charge on any atom is 0.233 e. The largest absolute Gasteiger partial charge is 0.392 e. The highest BCUT2D eigenvalue weighted by Crippen LogP contribution is 2.38. The lowest BCUT2D eigenvalue weighted by molar-refractivity contribution is -0.127. The van der Waals surface area contributed by atoms with E-state index in [-0.39, 0.29) is 5.91 Å². The number of aromatic amines is 1. The minimum Gasteiger partial charge on any atom is -0.392 e. The predicted molar refractivity (Wildman–Crippen MR) is 77.6 cm³/mol. The van der Waals surface area contributed by atoms with Gasteiger partial charge in [-0.15, -0.1) is 0 Å². The second kappa shape index (κ2) is 6.14. The maximum absolute atomic E-state index is 12.3. The second-order valence-corrected chi connectivity index (χ2v) is 5.49. The number of hydrogen-bond acceptors (Lipinski definition) is 3. The van der Waals surface area contributed by atoms with Gasteiger partial charge in [0.1, 0.15) is 5.82 Å². The molecule has 1 aliphatic rings. The Hall–Kier alpha value is -1.43. The first-order chi connectivity index (χ1) is 9.15. The van der Waals surface area contributed by atoms with Crippen molar-refractivity contribution in [3.8, 4) is 0 Å². The Morgan fingerprint density at radius 1 is 1.53 bits per heavy atom. The molecule has 19 heavy (non-hydrogen) atoms. The number of nitrogens with two attached hydrogens (primary N) is 1. The van der Waals surface area contributed by atoms with Crippen molar-refractivity contribution in [2.24, 2.45) is 11.1 Å². The van der Waals surface area contributed by atoms with Gasteiger partial charge in [-0.25, -0.2) is 4.98 Å². The van der Waals surface area contributed by atoms with Crippen LogP contribution in [0.4, 0.5) is 0 Å². The molecule has 0 unspecified atom stereocenters. The van der Waals surface area contributed by atoms with Gasteiger partial charge in [0.05, 0.1) is 10.4 Å². The van der Waals surface area contributed by atoms with E-state index < -0.39 is 5.41 Å². The number of carbonyl (C=O) groups excluding carboxylic acids is 1. The molecule has 5 nitrogen and oxygen atoms in total. The molecule has 1 aromatic rings. The van der Waals surface area contributed by atoms with Crippen LogP contribution in [-0.4, -0.2) is 27.4 Å². The number of imidazole rings is 1. The van der Waals surface area contributed by atoms with Gasteiger partial charge < -0.3 is 16.0 Å². The first kappa shape index (κ1) is 14.0. The van der Waals surface area contributed by atoms with Crippen molar-refractivity contribution < 1.29 is 4.79 Å². The van der Waals surface area contributed by atoms with Gasteiger partial charge in [0, 0.05) is 25.4 Å². The molecule has 0 aromatic carbocycles. The predicted octanol–water partition coefficient (Wildman–Crippen LogP) is 1.30. The lowest BCUT2D eigenvalue weighted by atomic mass is 9.85. The van der Waals surface area contributed by atoms with E-state index in [4.69, 9.17) is 18.0 Å². The van der Waals surface area contributed by atoms with Crippen LogP contribution < -0.4 is 11.1 Å². The topological polar surface area (TPSA) is 83.8 Å². The van der Waals surface area contributed by atoms with Crippen LogP contribution >= 0.6 is 12.2 Å². The van der Waals surface area contributed by atoms with E-state index in [9.17, 15) is 4.79 Å². The number of hydrogen-bond donors (Lipinski definition) is 3. The molecule has 6 heteroatoms. The highest BCUT2D eigenvalue weighted by atomic mass is 32.1. The summed E-state index contributed by atoms with van der Waals surface area (Å²) >= 11 is 5.09. The van der Waals surface area contributed by atoms with Gasteiger partial charge in [0.2, 0.25) is 5.91 Å². The first-order valence-corrected chi connectivity index (χ1v) is 7.12. The Morgan fingerprint density at radius 3 is 2.84 bits per heavy atom. The van der Waals surface area contributed by atoms with E-state index in [0.29, 0.717) is 11.5 Å². The molecular formula is C13H20N4OS. The van der Waals surface area contributed by atoms with Crippen LogP contribution in [0.2, 0.25) is 0 Å². The van der Waals surface area contributed by atoms with E-state index in [0.717, 1.165) is 44.3 Å². The lowest BCUT2D eigenvalue weighted by Gasteiger charge is -2.26. The summed E-state index contributed by atoms with van der Waals surface area (Å²) in [6.07, 6.45) is 8.83. The third-order valence-electron chi connectivity index (χ3n) is 3.79. The quantitative estimate of drug-likeness (QED) is 0.542. The van der Waals surface area contributed by atoms with Gasteiger partial charge in [-0.3, -0.25) is 4.79 Å². The van der Waals surface area contributed by atoms with Gasteiger partial charge in [-0.05, 0) is 19.3 Å². The average Bonchev–Trinajstić information content (AvgIpc) is 3.05. The summed E-state index contributed by atoms with van der Waals surface area (Å²) in [6.45, 7) is 0.629. The fourth-order valence-corrected chi connectivity index (χ4v) is 2.92. The number of H-pyrrole nitrogens is 1. The lowest BCUT2D eigenvalue weighted by Crippen LogP contribution is -2.47. The zero-order chi connectivity index (χ0) is 13.7. The van der Waals surface area contributed by atoms with Crippen molar-refractivity contribution in [2.75, 3.05) is 6.54 Å². The smallest absolute Gasteiger partial charge is 0.233 e. The molecule has 2 rings (SSSR count). The Morgan fingerprint density at radius 2 is 2.26 bits per heavy atom. The Labute approximate surface area is 118 Å². The Balaban J connectivity index is 1.78. The summed E-state index contributed by atoms with van der Waals surface area (Å²) in [5.74, 6) is 0.941. The zero-order valence-electron chi connectivity index (χ0n) is 10.9. The van der Waals surface area contributed by atoms with Crippen molar-refractivity contribution in [3.05, 3.63) is 18.2 Å². The molecule has 0 spiro atoms. The van der Waals surface area contributed by atoms with Crippen LogP contribution in [0.5, 0.6) is 0 Å². The number of carbonyl (C=O) groups is 1. The Kier molecular flexibility index (Phi) is 4.52. The van der Waals surface area contributed by atoms with E-state index in [1.54, 1.807) is 12.4 Å². The fraction of sp³-hybridized carbons (Fsp3) is 0.615. The molecule has 0 aliphatic heterocycles. The number of nitrogens with zero attached hydrogens (tertiary/aromatic N) is 1. The number of thiocarbonyl (C=S) groups is 1. The van der Waals surface area contributed by atoms with E-state index in [2.05, 4.69) is 15.3 Å².